The summed E-state index contributed by atoms with van der Waals surface area (Å²) in [6, 6.07) is 8.09. The molecule has 1 aromatic heterocycles. The number of ether oxygens (including phenoxy) is 1. The Kier molecular flexibility index (Phi) is 6.89. The number of nitrogens with one attached hydrogen (secondary N) is 1. The van der Waals surface area contributed by atoms with Gasteiger partial charge < -0.3 is 19.7 Å². The molecule has 1 saturated heterocycles. The topological polar surface area (TPSA) is 95.5 Å². The molecule has 1 fully saturated rings. The molecule has 2 heterocycles. The number of hydrogen-bond donors (Lipinski definition) is 2. The standard InChI is InChI=1S/C17H21N3O2.C2HF3O2/c1-11(2)20-10-13(8-16(20)21)17-18-9-15(19-17)12-4-6-14(22-3)7-5-12;3-2(4,5)1(6)7/h4-7,9,11,13H,8,10H2,1-3H3,(H,18,19);(H,6,7). The Balaban J connectivity index is 0.000000370. The average Bonchev–Trinajstić information content (AvgIpc) is 3.28. The van der Waals surface area contributed by atoms with Crippen LogP contribution in [-0.2, 0) is 9.59 Å². The van der Waals surface area contributed by atoms with E-state index in [0.717, 1.165) is 29.4 Å². The zero-order valence-electron chi connectivity index (χ0n) is 16.2. The van der Waals surface area contributed by atoms with Gasteiger partial charge in [0.15, 0.2) is 0 Å². The predicted octanol–water partition coefficient (Wildman–Crippen LogP) is 3.44. The molecule has 0 saturated carbocycles. The summed E-state index contributed by atoms with van der Waals surface area (Å²) in [7, 11) is 1.65. The number of amides is 1. The lowest BCUT2D eigenvalue weighted by atomic mass is 10.1. The molecular formula is C19H22F3N3O4. The summed E-state index contributed by atoms with van der Waals surface area (Å²) in [5, 5.41) is 7.12. The molecule has 7 nitrogen and oxygen atoms in total. The van der Waals surface area contributed by atoms with Crippen LogP contribution in [0.4, 0.5) is 13.2 Å². The van der Waals surface area contributed by atoms with E-state index >= 15 is 0 Å². The molecule has 158 valence electrons. The van der Waals surface area contributed by atoms with Gasteiger partial charge in [0.1, 0.15) is 11.6 Å². The number of aliphatic carboxylic acids is 1. The molecule has 2 aromatic rings. The molecule has 0 radical (unpaired) electrons. The van der Waals surface area contributed by atoms with E-state index in [1.54, 1.807) is 7.11 Å². The molecule has 1 atom stereocenters. The first-order valence-corrected chi connectivity index (χ1v) is 8.81. The van der Waals surface area contributed by atoms with Crippen LogP contribution in [-0.4, -0.2) is 57.7 Å². The number of halogens is 3. The van der Waals surface area contributed by atoms with Crippen molar-refractivity contribution in [2.75, 3.05) is 13.7 Å². The number of carbonyl (C=O) groups is 2. The van der Waals surface area contributed by atoms with E-state index in [9.17, 15) is 18.0 Å². The van der Waals surface area contributed by atoms with Crippen LogP contribution in [0.5, 0.6) is 5.75 Å². The fourth-order valence-corrected chi connectivity index (χ4v) is 2.88. The summed E-state index contributed by atoms with van der Waals surface area (Å²) in [6.07, 6.45) is -2.71. The van der Waals surface area contributed by atoms with Gasteiger partial charge in [-0.15, -0.1) is 0 Å². The minimum atomic E-state index is -5.08. The summed E-state index contributed by atoms with van der Waals surface area (Å²) in [5.74, 6) is -0.670. The maximum absolute atomic E-state index is 12.0. The number of aromatic nitrogens is 2. The zero-order chi connectivity index (χ0) is 21.8. The van der Waals surface area contributed by atoms with Crippen molar-refractivity contribution in [2.24, 2.45) is 0 Å². The fourth-order valence-electron chi connectivity index (χ4n) is 2.88. The van der Waals surface area contributed by atoms with E-state index in [2.05, 4.69) is 9.97 Å². The number of likely N-dealkylation sites (tertiary alicyclic amines) is 1. The molecule has 1 aromatic carbocycles. The molecule has 10 heteroatoms. The Morgan fingerprint density at radius 1 is 1.31 bits per heavy atom. The Bertz CT molecular complexity index is 847. The van der Waals surface area contributed by atoms with Crippen LogP contribution in [0.15, 0.2) is 30.5 Å². The van der Waals surface area contributed by atoms with E-state index in [1.165, 1.54) is 0 Å². The van der Waals surface area contributed by atoms with Crippen molar-refractivity contribution >= 4 is 11.9 Å². The SMILES string of the molecule is COc1ccc(-c2cnc(C3CC(=O)N(C(C)C)C3)[nH]2)cc1.O=C(O)C(F)(F)F. The first-order valence-electron chi connectivity index (χ1n) is 8.81. The number of alkyl halides is 3. The van der Waals surface area contributed by atoms with E-state index in [4.69, 9.17) is 14.6 Å². The van der Waals surface area contributed by atoms with Gasteiger partial charge in [-0.25, -0.2) is 9.78 Å². The number of rotatable bonds is 4. The summed E-state index contributed by atoms with van der Waals surface area (Å²) in [4.78, 5) is 30.7. The van der Waals surface area contributed by atoms with Crippen LogP contribution in [0.25, 0.3) is 11.3 Å². The van der Waals surface area contributed by atoms with E-state index in [-0.39, 0.29) is 17.9 Å². The number of carboxylic acids is 1. The van der Waals surface area contributed by atoms with Gasteiger partial charge in [-0.1, -0.05) is 0 Å². The van der Waals surface area contributed by atoms with Crippen LogP contribution < -0.4 is 4.74 Å². The summed E-state index contributed by atoms with van der Waals surface area (Å²) < 4.78 is 36.9. The highest BCUT2D eigenvalue weighted by atomic mass is 19.4. The molecule has 0 bridgehead atoms. The average molecular weight is 413 g/mol. The number of hydrogen-bond acceptors (Lipinski definition) is 4. The second kappa shape index (κ2) is 8.97. The molecule has 1 unspecified atom stereocenters. The molecule has 3 rings (SSSR count). The van der Waals surface area contributed by atoms with Gasteiger partial charge in [-0.05, 0) is 43.7 Å². The molecule has 1 aliphatic rings. The number of carboxylic acid groups (broad SMARTS) is 1. The molecule has 29 heavy (non-hydrogen) atoms. The second-order valence-electron chi connectivity index (χ2n) is 6.75. The fraction of sp³-hybridized carbons (Fsp3) is 0.421. The van der Waals surface area contributed by atoms with Crippen LogP contribution in [0, 0.1) is 0 Å². The van der Waals surface area contributed by atoms with Crippen molar-refractivity contribution in [2.45, 2.75) is 38.4 Å². The Morgan fingerprint density at radius 2 is 1.90 bits per heavy atom. The highest BCUT2D eigenvalue weighted by molar-refractivity contribution is 5.80. The number of nitrogens with zero attached hydrogens (tertiary/aromatic N) is 2. The van der Waals surface area contributed by atoms with E-state index in [0.29, 0.717) is 6.42 Å². The highest BCUT2D eigenvalue weighted by Gasteiger charge is 2.38. The predicted molar refractivity (Wildman–Crippen MR) is 98.5 cm³/mol. The highest BCUT2D eigenvalue weighted by Crippen LogP contribution is 2.29. The molecule has 0 spiro atoms. The number of carbonyl (C=O) groups excluding carboxylic acids is 1. The van der Waals surface area contributed by atoms with E-state index in [1.807, 2.05) is 49.2 Å². The van der Waals surface area contributed by atoms with Crippen molar-refractivity contribution in [1.82, 2.24) is 14.9 Å². The Hall–Kier alpha value is -3.04. The molecular weight excluding hydrogens is 391 g/mol. The van der Waals surface area contributed by atoms with Gasteiger partial charge in [-0.3, -0.25) is 4.79 Å². The maximum atomic E-state index is 12.0. The minimum absolute atomic E-state index is 0.155. The minimum Gasteiger partial charge on any atom is -0.497 e. The third-order valence-electron chi connectivity index (χ3n) is 4.41. The Morgan fingerprint density at radius 3 is 2.34 bits per heavy atom. The van der Waals surface area contributed by atoms with E-state index < -0.39 is 12.1 Å². The maximum Gasteiger partial charge on any atom is 0.490 e. The summed E-state index contributed by atoms with van der Waals surface area (Å²) in [6.45, 7) is 4.84. The van der Waals surface area contributed by atoms with Crippen molar-refractivity contribution in [3.63, 3.8) is 0 Å². The third-order valence-corrected chi connectivity index (χ3v) is 4.41. The second-order valence-corrected chi connectivity index (χ2v) is 6.75. The lowest BCUT2D eigenvalue weighted by Crippen LogP contribution is -2.31. The van der Waals surface area contributed by atoms with Crippen molar-refractivity contribution in [1.29, 1.82) is 0 Å². The van der Waals surface area contributed by atoms with Crippen LogP contribution in [0.1, 0.15) is 32.0 Å². The van der Waals surface area contributed by atoms with Crippen LogP contribution in [0.2, 0.25) is 0 Å². The van der Waals surface area contributed by atoms with Crippen molar-refractivity contribution in [3.05, 3.63) is 36.3 Å². The summed E-state index contributed by atoms with van der Waals surface area (Å²) in [5.41, 5.74) is 2.03. The van der Waals surface area contributed by atoms with Crippen LogP contribution >= 0.6 is 0 Å². The number of aromatic amines is 1. The number of imidazole rings is 1. The smallest absolute Gasteiger partial charge is 0.490 e. The molecule has 2 N–H and O–H groups in total. The quantitative estimate of drug-likeness (QED) is 0.801. The summed E-state index contributed by atoms with van der Waals surface area (Å²) >= 11 is 0. The number of H-pyrrole nitrogens is 1. The van der Waals surface area contributed by atoms with Crippen LogP contribution in [0.3, 0.4) is 0 Å². The normalized spacial score (nSPS) is 16.6. The lowest BCUT2D eigenvalue weighted by molar-refractivity contribution is -0.192. The van der Waals surface area contributed by atoms with Gasteiger partial charge in [0.05, 0.1) is 19.0 Å². The van der Waals surface area contributed by atoms with Gasteiger partial charge in [0, 0.05) is 24.9 Å². The molecule has 1 amide bonds. The van der Waals surface area contributed by atoms with Gasteiger partial charge >= 0.3 is 12.1 Å². The Labute approximate surface area is 165 Å². The van der Waals surface area contributed by atoms with Gasteiger partial charge in [0.2, 0.25) is 5.91 Å². The number of methoxy groups -OCH3 is 1. The third kappa shape index (κ3) is 5.72. The monoisotopic (exact) mass is 413 g/mol. The first-order chi connectivity index (χ1) is 13.5. The van der Waals surface area contributed by atoms with Crippen molar-refractivity contribution < 1.29 is 32.6 Å². The molecule has 0 aliphatic carbocycles. The zero-order valence-corrected chi connectivity index (χ0v) is 16.2. The van der Waals surface area contributed by atoms with Crippen molar-refractivity contribution in [3.8, 4) is 17.0 Å². The largest absolute Gasteiger partial charge is 0.497 e. The van der Waals surface area contributed by atoms with Gasteiger partial charge in [0.25, 0.3) is 0 Å². The lowest BCUT2D eigenvalue weighted by Gasteiger charge is -2.20. The van der Waals surface area contributed by atoms with Gasteiger partial charge in [-0.2, -0.15) is 13.2 Å². The first kappa shape index (κ1) is 22.3. The molecule has 1 aliphatic heterocycles. The number of benzene rings is 1.